The molecule has 2 heterocycles. The Morgan fingerprint density at radius 3 is 2.83 bits per heavy atom. The molecule has 3 nitrogen and oxygen atoms in total. The minimum absolute atomic E-state index is 0.505. The number of aromatic nitrogens is 2. The second kappa shape index (κ2) is 3.12. The lowest BCUT2D eigenvalue weighted by molar-refractivity contribution is 1.34. The van der Waals surface area contributed by atoms with Crippen LogP contribution in [0.15, 0.2) is 15.9 Å². The zero-order valence-corrected chi connectivity index (χ0v) is 9.04. The summed E-state index contributed by atoms with van der Waals surface area (Å²) < 4.78 is 5.12. The van der Waals surface area contributed by atoms with E-state index in [9.17, 15) is 0 Å². The molecule has 0 fully saturated rings. The van der Waals surface area contributed by atoms with Crippen molar-refractivity contribution in [3.63, 3.8) is 0 Å². The summed E-state index contributed by atoms with van der Waals surface area (Å²) in [5, 5.41) is 2.49. The van der Waals surface area contributed by atoms with E-state index in [1.54, 1.807) is 11.3 Å². The van der Waals surface area contributed by atoms with Gasteiger partial charge in [0.1, 0.15) is 0 Å². The molecule has 0 aromatic carbocycles. The lowest BCUT2D eigenvalue weighted by Gasteiger charge is -1.87. The summed E-state index contributed by atoms with van der Waals surface area (Å²) >= 11 is 6.22. The first-order valence-corrected chi connectivity index (χ1v) is 5.54. The second-order valence-corrected chi connectivity index (χ2v) is 4.61. The number of nitrogens with two attached hydrogens (primary N) is 1. The third-order valence-corrected chi connectivity index (χ3v) is 3.64. The largest absolute Gasteiger partial charge is 0.374 e. The first-order valence-electron chi connectivity index (χ1n) is 3.10. The van der Waals surface area contributed by atoms with Gasteiger partial charge in [-0.15, -0.1) is 11.3 Å². The molecular formula is C6H4BrN3S2. The van der Waals surface area contributed by atoms with Gasteiger partial charge in [0.05, 0.1) is 4.88 Å². The smallest absolute Gasteiger partial charge is 0.200 e. The third kappa shape index (κ3) is 1.37. The highest BCUT2D eigenvalue weighted by atomic mass is 79.9. The zero-order valence-electron chi connectivity index (χ0n) is 5.82. The van der Waals surface area contributed by atoms with Crippen molar-refractivity contribution >= 4 is 43.9 Å². The molecule has 6 heteroatoms. The van der Waals surface area contributed by atoms with Gasteiger partial charge in [-0.3, -0.25) is 0 Å². The van der Waals surface area contributed by atoms with Gasteiger partial charge in [0.25, 0.3) is 0 Å². The minimum Gasteiger partial charge on any atom is -0.374 e. The molecule has 0 atom stereocenters. The maximum Gasteiger partial charge on any atom is 0.200 e. The fraction of sp³-hybridized carbons (Fsp3) is 0. The van der Waals surface area contributed by atoms with Gasteiger partial charge in [0, 0.05) is 16.0 Å². The van der Waals surface area contributed by atoms with Crippen LogP contribution >= 0.6 is 38.8 Å². The van der Waals surface area contributed by atoms with Gasteiger partial charge in [0.2, 0.25) is 0 Å². The van der Waals surface area contributed by atoms with Crippen LogP contribution in [0.3, 0.4) is 0 Å². The van der Waals surface area contributed by atoms with E-state index in [1.807, 2.05) is 11.4 Å². The average molecular weight is 262 g/mol. The number of hydrogen-bond donors (Lipinski definition) is 1. The highest BCUT2D eigenvalue weighted by Gasteiger charge is 2.09. The van der Waals surface area contributed by atoms with Crippen molar-refractivity contribution in [1.29, 1.82) is 0 Å². The maximum atomic E-state index is 5.47. The molecule has 62 valence electrons. The lowest BCUT2D eigenvalue weighted by Crippen LogP contribution is -1.81. The Labute approximate surface area is 85.6 Å². The van der Waals surface area contributed by atoms with E-state index in [4.69, 9.17) is 5.73 Å². The molecule has 0 spiro atoms. The molecule has 0 saturated carbocycles. The number of nitrogen functional groups attached to an aromatic ring is 1. The molecule has 0 amide bonds. The van der Waals surface area contributed by atoms with Crippen molar-refractivity contribution < 1.29 is 0 Å². The minimum atomic E-state index is 0.505. The Bertz CT molecular complexity index is 395. The number of thiophene rings is 1. The highest BCUT2D eigenvalue weighted by molar-refractivity contribution is 9.10. The van der Waals surface area contributed by atoms with Gasteiger partial charge in [-0.25, -0.2) is 0 Å². The van der Waals surface area contributed by atoms with Gasteiger partial charge in [0.15, 0.2) is 11.0 Å². The fourth-order valence-electron chi connectivity index (χ4n) is 0.781. The SMILES string of the molecule is Nc1nc(-c2sccc2Br)ns1. The predicted molar refractivity (Wildman–Crippen MR) is 55.3 cm³/mol. The van der Waals surface area contributed by atoms with Crippen LogP contribution in [0.25, 0.3) is 10.7 Å². The number of anilines is 1. The van der Waals surface area contributed by atoms with Crippen LogP contribution in [0.1, 0.15) is 0 Å². The normalized spacial score (nSPS) is 10.4. The van der Waals surface area contributed by atoms with Crippen LogP contribution in [0.4, 0.5) is 5.13 Å². The van der Waals surface area contributed by atoms with Crippen LogP contribution in [0.2, 0.25) is 0 Å². The first-order chi connectivity index (χ1) is 5.77. The summed E-state index contributed by atoms with van der Waals surface area (Å²) in [6.07, 6.45) is 0. The average Bonchev–Trinajstić information content (AvgIpc) is 2.58. The standard InChI is InChI=1S/C6H4BrN3S2/c7-3-1-2-11-4(3)5-9-6(8)12-10-5/h1-2H,(H2,8,9,10). The molecule has 0 aliphatic heterocycles. The maximum absolute atomic E-state index is 5.47. The van der Waals surface area contributed by atoms with Crippen molar-refractivity contribution in [3.05, 3.63) is 15.9 Å². The number of halogens is 1. The van der Waals surface area contributed by atoms with E-state index in [2.05, 4.69) is 25.3 Å². The summed E-state index contributed by atoms with van der Waals surface area (Å²) in [6.45, 7) is 0. The second-order valence-electron chi connectivity index (χ2n) is 2.05. The first kappa shape index (κ1) is 8.15. The van der Waals surface area contributed by atoms with Crippen LogP contribution in [-0.2, 0) is 0 Å². The van der Waals surface area contributed by atoms with Crippen molar-refractivity contribution in [1.82, 2.24) is 9.36 Å². The van der Waals surface area contributed by atoms with Crippen molar-refractivity contribution in [2.24, 2.45) is 0 Å². The Morgan fingerprint density at radius 1 is 1.50 bits per heavy atom. The van der Waals surface area contributed by atoms with E-state index in [1.165, 1.54) is 11.5 Å². The van der Waals surface area contributed by atoms with Crippen LogP contribution < -0.4 is 5.73 Å². The van der Waals surface area contributed by atoms with Crippen molar-refractivity contribution in [2.45, 2.75) is 0 Å². The van der Waals surface area contributed by atoms with Crippen molar-refractivity contribution in [3.8, 4) is 10.7 Å². The molecule has 12 heavy (non-hydrogen) atoms. The van der Waals surface area contributed by atoms with Crippen LogP contribution in [0.5, 0.6) is 0 Å². The molecule has 2 rings (SSSR count). The molecule has 0 aliphatic rings. The number of hydrogen-bond acceptors (Lipinski definition) is 5. The molecule has 0 radical (unpaired) electrons. The monoisotopic (exact) mass is 261 g/mol. The Balaban J connectivity index is 2.50. The molecule has 0 aliphatic carbocycles. The van der Waals surface area contributed by atoms with Gasteiger partial charge in [-0.05, 0) is 27.4 Å². The highest BCUT2D eigenvalue weighted by Crippen LogP contribution is 2.32. The topological polar surface area (TPSA) is 51.8 Å². The van der Waals surface area contributed by atoms with Gasteiger partial charge in [-0.2, -0.15) is 9.36 Å². The number of rotatable bonds is 1. The molecule has 0 bridgehead atoms. The molecule has 2 aromatic heterocycles. The Kier molecular flexibility index (Phi) is 2.12. The van der Waals surface area contributed by atoms with Gasteiger partial charge >= 0.3 is 0 Å². The molecule has 0 unspecified atom stereocenters. The summed E-state index contributed by atoms with van der Waals surface area (Å²) in [5.74, 6) is 0.708. The van der Waals surface area contributed by atoms with E-state index >= 15 is 0 Å². The van der Waals surface area contributed by atoms with Gasteiger partial charge < -0.3 is 5.73 Å². The van der Waals surface area contributed by atoms with Crippen molar-refractivity contribution in [2.75, 3.05) is 5.73 Å². The summed E-state index contributed by atoms with van der Waals surface area (Å²) in [5.41, 5.74) is 5.47. The predicted octanol–water partition coefficient (Wildman–Crippen LogP) is 2.61. The Hall–Kier alpha value is -0.460. The van der Waals surface area contributed by atoms with E-state index in [-0.39, 0.29) is 0 Å². The summed E-state index contributed by atoms with van der Waals surface area (Å²) in [7, 11) is 0. The van der Waals surface area contributed by atoms with Crippen LogP contribution in [-0.4, -0.2) is 9.36 Å². The fourth-order valence-corrected chi connectivity index (χ4v) is 2.76. The lowest BCUT2D eigenvalue weighted by atomic mass is 10.4. The van der Waals surface area contributed by atoms with E-state index < -0.39 is 0 Å². The quantitative estimate of drug-likeness (QED) is 0.859. The molecule has 2 N–H and O–H groups in total. The summed E-state index contributed by atoms with van der Waals surface area (Å²) in [6, 6.07) is 1.97. The van der Waals surface area contributed by atoms with E-state index in [0.29, 0.717) is 11.0 Å². The number of nitrogens with zero attached hydrogens (tertiary/aromatic N) is 2. The van der Waals surface area contributed by atoms with E-state index in [0.717, 1.165) is 9.35 Å². The molecular weight excluding hydrogens is 258 g/mol. The Morgan fingerprint density at radius 2 is 2.33 bits per heavy atom. The van der Waals surface area contributed by atoms with Crippen LogP contribution in [0, 0.1) is 0 Å². The summed E-state index contributed by atoms with van der Waals surface area (Å²) in [4.78, 5) is 5.11. The molecule has 2 aromatic rings. The van der Waals surface area contributed by atoms with Gasteiger partial charge in [-0.1, -0.05) is 0 Å². The zero-order chi connectivity index (χ0) is 8.55. The third-order valence-electron chi connectivity index (χ3n) is 1.26. The molecule has 0 saturated heterocycles.